The first-order valence-electron chi connectivity index (χ1n) is 8.31. The minimum absolute atomic E-state index is 0.0103. The molecule has 0 aromatic heterocycles. The number of ether oxygens (including phenoxy) is 1. The fourth-order valence-corrected chi connectivity index (χ4v) is 2.50. The van der Waals surface area contributed by atoms with Gasteiger partial charge in [-0.3, -0.25) is 4.79 Å². The van der Waals surface area contributed by atoms with E-state index in [0.29, 0.717) is 44.9 Å². The molecule has 6 heteroatoms. The largest absolute Gasteiger partial charge is 0.390 e. The molecule has 3 N–H and O–H groups in total. The fraction of sp³-hybridized carbons (Fsp3) is 0.812. The molecule has 1 aliphatic rings. The summed E-state index contributed by atoms with van der Waals surface area (Å²) in [5, 5.41) is 8.85. The van der Waals surface area contributed by atoms with E-state index in [-0.39, 0.29) is 5.91 Å². The Morgan fingerprint density at radius 3 is 2.68 bits per heavy atom. The van der Waals surface area contributed by atoms with Crippen molar-refractivity contribution in [1.82, 2.24) is 20.9 Å². The molecule has 1 saturated heterocycles. The maximum Gasteiger partial charge on any atom is 0.234 e. The molecular weight excluding hydrogens is 280 g/mol. The van der Waals surface area contributed by atoms with Crippen LogP contribution in [-0.2, 0) is 9.53 Å². The highest BCUT2D eigenvalue weighted by molar-refractivity contribution is 5.77. The van der Waals surface area contributed by atoms with Gasteiger partial charge in [-0.25, -0.2) is 0 Å². The average Bonchev–Trinajstić information content (AvgIpc) is 2.51. The van der Waals surface area contributed by atoms with E-state index < -0.39 is 0 Å². The van der Waals surface area contributed by atoms with Crippen LogP contribution in [0.5, 0.6) is 0 Å². The van der Waals surface area contributed by atoms with Gasteiger partial charge in [0.15, 0.2) is 0 Å². The Balaban J connectivity index is 1.93. The Kier molecular flexibility index (Phi) is 9.86. The molecular formula is C16H32N4O2. The Morgan fingerprint density at radius 2 is 2.05 bits per heavy atom. The Morgan fingerprint density at radius 1 is 1.32 bits per heavy atom. The van der Waals surface area contributed by atoms with Crippen LogP contribution in [0.3, 0.4) is 0 Å². The van der Waals surface area contributed by atoms with Crippen molar-refractivity contribution in [1.29, 1.82) is 0 Å². The van der Waals surface area contributed by atoms with Crippen LogP contribution in [0.25, 0.3) is 0 Å². The van der Waals surface area contributed by atoms with E-state index >= 15 is 0 Å². The molecule has 1 rings (SSSR count). The lowest BCUT2D eigenvalue weighted by Crippen LogP contribution is -2.41. The fourth-order valence-electron chi connectivity index (χ4n) is 2.50. The predicted molar refractivity (Wildman–Crippen MR) is 89.8 cm³/mol. The number of nitrogens with one attached hydrogen (secondary N) is 3. The minimum Gasteiger partial charge on any atom is -0.390 e. The molecule has 0 aromatic rings. The molecule has 6 nitrogen and oxygen atoms in total. The zero-order valence-electron chi connectivity index (χ0n) is 14.1. The molecule has 128 valence electrons. The first kappa shape index (κ1) is 18.9. The number of hydrogen-bond acceptors (Lipinski definition) is 5. The molecule has 1 heterocycles. The van der Waals surface area contributed by atoms with E-state index in [1.54, 1.807) is 6.20 Å². The van der Waals surface area contributed by atoms with Crippen LogP contribution in [0.4, 0.5) is 0 Å². The van der Waals surface area contributed by atoms with Crippen LogP contribution in [0, 0.1) is 0 Å². The molecule has 1 amide bonds. The van der Waals surface area contributed by atoms with Crippen LogP contribution in [0.1, 0.15) is 26.7 Å². The third-order valence-electron chi connectivity index (χ3n) is 3.86. The number of amides is 1. The van der Waals surface area contributed by atoms with Crippen molar-refractivity contribution in [2.45, 2.75) is 38.8 Å². The summed E-state index contributed by atoms with van der Waals surface area (Å²) in [6.45, 7) is 13.3. The second kappa shape index (κ2) is 11.5. The van der Waals surface area contributed by atoms with Crippen molar-refractivity contribution >= 4 is 5.91 Å². The number of carbonyl (C=O) groups is 1. The van der Waals surface area contributed by atoms with Crippen molar-refractivity contribution in [2.75, 3.05) is 45.9 Å². The average molecular weight is 312 g/mol. The van der Waals surface area contributed by atoms with E-state index in [0.717, 1.165) is 25.9 Å². The molecule has 0 bridgehead atoms. The van der Waals surface area contributed by atoms with Gasteiger partial charge in [-0.1, -0.05) is 6.58 Å². The Labute approximate surface area is 134 Å². The highest BCUT2D eigenvalue weighted by Gasteiger charge is 2.20. The smallest absolute Gasteiger partial charge is 0.234 e. The highest BCUT2D eigenvalue weighted by atomic mass is 16.5. The number of rotatable bonds is 11. The zero-order chi connectivity index (χ0) is 16.2. The number of likely N-dealkylation sites (tertiary alicyclic amines) is 1. The van der Waals surface area contributed by atoms with Gasteiger partial charge in [-0.2, -0.15) is 0 Å². The molecule has 0 unspecified atom stereocenters. The van der Waals surface area contributed by atoms with Crippen molar-refractivity contribution < 1.29 is 9.53 Å². The molecule has 0 saturated carbocycles. The summed E-state index contributed by atoms with van der Waals surface area (Å²) < 4.78 is 5.86. The third-order valence-corrected chi connectivity index (χ3v) is 3.86. The Bertz CT molecular complexity index is 315. The van der Waals surface area contributed by atoms with Gasteiger partial charge in [0, 0.05) is 38.8 Å². The first-order valence-corrected chi connectivity index (χ1v) is 8.31. The van der Waals surface area contributed by atoms with Gasteiger partial charge in [0.1, 0.15) is 0 Å². The predicted octanol–water partition coefficient (Wildman–Crippen LogP) is 0.315. The van der Waals surface area contributed by atoms with E-state index in [4.69, 9.17) is 4.74 Å². The number of carbonyl (C=O) groups excluding carboxylic acids is 1. The number of nitrogens with zero attached hydrogens (tertiary/aromatic N) is 1. The van der Waals surface area contributed by atoms with Gasteiger partial charge in [0.2, 0.25) is 5.91 Å². The van der Waals surface area contributed by atoms with Crippen molar-refractivity contribution in [3.05, 3.63) is 12.8 Å². The topological polar surface area (TPSA) is 65.6 Å². The Hall–Kier alpha value is -1.11. The normalized spacial score (nSPS) is 16.7. The van der Waals surface area contributed by atoms with Crippen LogP contribution >= 0.6 is 0 Å². The molecule has 0 atom stereocenters. The lowest BCUT2D eigenvalue weighted by atomic mass is 10.1. The van der Waals surface area contributed by atoms with Gasteiger partial charge in [-0.15, -0.1) is 0 Å². The van der Waals surface area contributed by atoms with E-state index in [2.05, 4.69) is 41.3 Å². The van der Waals surface area contributed by atoms with Crippen LogP contribution in [0.15, 0.2) is 12.8 Å². The maximum atomic E-state index is 11.5. The minimum atomic E-state index is 0.0103. The summed E-state index contributed by atoms with van der Waals surface area (Å²) in [5.41, 5.74) is 0. The second-order valence-corrected chi connectivity index (χ2v) is 5.88. The number of hydrogen-bond donors (Lipinski definition) is 3. The van der Waals surface area contributed by atoms with Gasteiger partial charge >= 0.3 is 0 Å². The van der Waals surface area contributed by atoms with E-state index in [1.807, 2.05) is 0 Å². The van der Waals surface area contributed by atoms with Crippen LogP contribution in [0.2, 0.25) is 0 Å². The van der Waals surface area contributed by atoms with E-state index in [9.17, 15) is 4.79 Å². The van der Waals surface area contributed by atoms with Gasteiger partial charge in [0.25, 0.3) is 0 Å². The summed E-state index contributed by atoms with van der Waals surface area (Å²) >= 11 is 0. The third kappa shape index (κ3) is 8.36. The highest BCUT2D eigenvalue weighted by Crippen LogP contribution is 2.15. The van der Waals surface area contributed by atoms with Crippen molar-refractivity contribution in [3.63, 3.8) is 0 Å². The molecule has 0 aliphatic carbocycles. The van der Waals surface area contributed by atoms with Crippen molar-refractivity contribution in [2.24, 2.45) is 0 Å². The van der Waals surface area contributed by atoms with Gasteiger partial charge in [0.05, 0.1) is 19.3 Å². The summed E-state index contributed by atoms with van der Waals surface area (Å²) in [4.78, 5) is 14.0. The quantitative estimate of drug-likeness (QED) is 0.479. The molecule has 1 aliphatic heterocycles. The SMILES string of the molecule is C=CNCCNC(=O)CNCCOC1CCN(C(C)C)CC1. The molecule has 1 fully saturated rings. The number of piperidine rings is 1. The second-order valence-electron chi connectivity index (χ2n) is 5.88. The lowest BCUT2D eigenvalue weighted by molar-refractivity contribution is -0.120. The summed E-state index contributed by atoms with van der Waals surface area (Å²) in [7, 11) is 0. The summed E-state index contributed by atoms with van der Waals surface area (Å²) in [6.07, 6.45) is 4.20. The maximum absolute atomic E-state index is 11.5. The molecule has 22 heavy (non-hydrogen) atoms. The van der Waals surface area contributed by atoms with Crippen LogP contribution < -0.4 is 16.0 Å². The zero-order valence-corrected chi connectivity index (χ0v) is 14.1. The molecule has 0 radical (unpaired) electrons. The van der Waals surface area contributed by atoms with Crippen LogP contribution in [-0.4, -0.2) is 68.8 Å². The lowest BCUT2D eigenvalue weighted by Gasteiger charge is -2.34. The summed E-state index contributed by atoms with van der Waals surface area (Å²) in [6, 6.07) is 0.628. The van der Waals surface area contributed by atoms with Gasteiger partial charge < -0.3 is 25.6 Å². The molecule has 0 aromatic carbocycles. The van der Waals surface area contributed by atoms with Crippen molar-refractivity contribution in [3.8, 4) is 0 Å². The first-order chi connectivity index (χ1) is 10.6. The molecule has 0 spiro atoms. The summed E-state index contributed by atoms with van der Waals surface area (Å²) in [5.74, 6) is 0.0103. The van der Waals surface area contributed by atoms with E-state index in [1.165, 1.54) is 0 Å². The monoisotopic (exact) mass is 312 g/mol. The van der Waals surface area contributed by atoms with Gasteiger partial charge in [-0.05, 0) is 32.9 Å². The standard InChI is InChI=1S/C16H32N4O2/c1-4-17-7-8-19-16(21)13-18-9-12-22-15-5-10-20(11-6-15)14(2)3/h4,14-15,17-18H,1,5-13H2,2-3H3,(H,19,21).